The molecule has 6 nitrogen and oxygen atoms in total. The highest BCUT2D eigenvalue weighted by atomic mass is 35.5. The summed E-state index contributed by atoms with van der Waals surface area (Å²) in [7, 11) is 0.887. The fourth-order valence-electron chi connectivity index (χ4n) is 1.73. The summed E-state index contributed by atoms with van der Waals surface area (Å²) in [5.74, 6) is 0.296. The molecule has 0 aliphatic heterocycles. The van der Waals surface area contributed by atoms with Gasteiger partial charge in [-0.15, -0.1) is 4.83 Å². The zero-order valence-corrected chi connectivity index (χ0v) is 13.6. The minimum absolute atomic E-state index is 0.0223. The van der Waals surface area contributed by atoms with Crippen LogP contribution in [0.4, 0.5) is 0 Å². The zero-order chi connectivity index (χ0) is 15.3. The highest BCUT2D eigenvalue weighted by molar-refractivity contribution is 7.89. The molecule has 0 fully saturated rings. The van der Waals surface area contributed by atoms with Gasteiger partial charge in [0.2, 0.25) is 0 Å². The van der Waals surface area contributed by atoms with E-state index >= 15 is 0 Å². The molecular formula is C12H20ClN3O3S. The number of sulfonamides is 1. The van der Waals surface area contributed by atoms with Gasteiger partial charge < -0.3 is 10.1 Å². The monoisotopic (exact) mass is 321 g/mol. The minimum atomic E-state index is -3.73. The average Bonchev–Trinajstić information content (AvgIpc) is 2.34. The second kappa shape index (κ2) is 7.24. The van der Waals surface area contributed by atoms with Crippen LogP contribution in [0.2, 0.25) is 5.02 Å². The van der Waals surface area contributed by atoms with Gasteiger partial charge in [-0.2, -0.15) is 0 Å². The fourth-order valence-corrected chi connectivity index (χ4v) is 3.36. The molecule has 0 aliphatic rings. The number of hydrogen-bond donors (Lipinski definition) is 2. The Morgan fingerprint density at radius 3 is 2.50 bits per heavy atom. The Bertz CT molecular complexity index is 561. The minimum Gasteiger partial charge on any atom is -0.495 e. The molecule has 2 N–H and O–H groups in total. The van der Waals surface area contributed by atoms with Gasteiger partial charge in [-0.05, 0) is 18.7 Å². The molecule has 0 saturated heterocycles. The van der Waals surface area contributed by atoms with Crippen molar-refractivity contribution in [2.75, 3.05) is 27.7 Å². The van der Waals surface area contributed by atoms with Crippen molar-refractivity contribution in [2.45, 2.75) is 18.4 Å². The number of ether oxygens (including phenoxy) is 1. The van der Waals surface area contributed by atoms with Crippen molar-refractivity contribution in [3.63, 3.8) is 0 Å². The summed E-state index contributed by atoms with van der Waals surface area (Å²) >= 11 is 6.01. The van der Waals surface area contributed by atoms with E-state index in [1.807, 2.05) is 6.92 Å². The lowest BCUT2D eigenvalue weighted by molar-refractivity contribution is 0.359. The quantitative estimate of drug-likeness (QED) is 0.739. The molecular weight excluding hydrogens is 302 g/mol. The Morgan fingerprint density at radius 1 is 1.35 bits per heavy atom. The maximum absolute atomic E-state index is 12.3. The van der Waals surface area contributed by atoms with Gasteiger partial charge in [-0.25, -0.2) is 13.4 Å². The maximum Gasteiger partial charge on any atom is 0.257 e. The third-order valence-corrected chi connectivity index (χ3v) is 4.16. The summed E-state index contributed by atoms with van der Waals surface area (Å²) in [6.07, 6.45) is 0. The van der Waals surface area contributed by atoms with Crippen LogP contribution in [-0.4, -0.2) is 41.2 Å². The van der Waals surface area contributed by atoms with Crippen molar-refractivity contribution < 1.29 is 13.2 Å². The van der Waals surface area contributed by atoms with Crippen molar-refractivity contribution in [3.05, 3.63) is 22.7 Å². The van der Waals surface area contributed by atoms with Gasteiger partial charge in [-0.1, -0.05) is 18.5 Å². The van der Waals surface area contributed by atoms with Crippen LogP contribution in [0.3, 0.4) is 0 Å². The van der Waals surface area contributed by atoms with Crippen LogP contribution in [0.1, 0.15) is 12.5 Å². The number of benzene rings is 1. The molecule has 114 valence electrons. The van der Waals surface area contributed by atoms with Crippen molar-refractivity contribution in [1.82, 2.24) is 15.2 Å². The van der Waals surface area contributed by atoms with Gasteiger partial charge in [-0.3, -0.25) is 0 Å². The molecule has 0 aromatic heterocycles. The van der Waals surface area contributed by atoms with E-state index in [1.54, 1.807) is 20.2 Å². The second-order valence-corrected chi connectivity index (χ2v) is 6.43. The summed E-state index contributed by atoms with van der Waals surface area (Å²) in [6, 6.07) is 3.07. The van der Waals surface area contributed by atoms with Gasteiger partial charge in [0.05, 0.1) is 7.11 Å². The summed E-state index contributed by atoms with van der Waals surface area (Å²) < 4.78 is 29.8. The lowest BCUT2D eigenvalue weighted by Crippen LogP contribution is -2.36. The molecule has 0 atom stereocenters. The highest BCUT2D eigenvalue weighted by Crippen LogP contribution is 2.31. The molecule has 1 aromatic rings. The predicted octanol–water partition coefficient (Wildman–Crippen LogP) is 1.21. The van der Waals surface area contributed by atoms with E-state index in [2.05, 4.69) is 10.1 Å². The first kappa shape index (κ1) is 17.2. The van der Waals surface area contributed by atoms with Crippen LogP contribution in [0.25, 0.3) is 0 Å². The number of hydrazine groups is 1. The molecule has 1 rings (SSSR count). The molecule has 0 unspecified atom stereocenters. The van der Waals surface area contributed by atoms with Crippen molar-refractivity contribution >= 4 is 21.6 Å². The summed E-state index contributed by atoms with van der Waals surface area (Å²) in [4.78, 5) is 2.39. The molecule has 0 bridgehead atoms. The molecule has 0 saturated carbocycles. The van der Waals surface area contributed by atoms with Gasteiger partial charge in [0.15, 0.2) is 0 Å². The number of nitrogens with one attached hydrogen (secondary N) is 2. The fraction of sp³-hybridized carbons (Fsp3) is 0.500. The molecule has 0 amide bonds. The Labute approximate surface area is 125 Å². The summed E-state index contributed by atoms with van der Waals surface area (Å²) in [6.45, 7) is 3.20. The smallest absolute Gasteiger partial charge is 0.257 e. The Morgan fingerprint density at radius 2 is 2.00 bits per heavy atom. The van der Waals surface area contributed by atoms with E-state index in [-0.39, 0.29) is 4.90 Å². The van der Waals surface area contributed by atoms with Gasteiger partial charge in [0, 0.05) is 31.2 Å². The van der Waals surface area contributed by atoms with Crippen LogP contribution in [-0.2, 0) is 16.6 Å². The van der Waals surface area contributed by atoms with E-state index < -0.39 is 10.0 Å². The number of rotatable bonds is 7. The number of hydrogen-bond acceptors (Lipinski definition) is 5. The van der Waals surface area contributed by atoms with Crippen LogP contribution >= 0.6 is 11.6 Å². The molecule has 0 spiro atoms. The maximum atomic E-state index is 12.3. The topological polar surface area (TPSA) is 70.7 Å². The average molecular weight is 322 g/mol. The van der Waals surface area contributed by atoms with Crippen LogP contribution in [0.5, 0.6) is 5.75 Å². The first-order valence-corrected chi connectivity index (χ1v) is 7.94. The molecule has 0 heterocycles. The third kappa shape index (κ3) is 4.32. The Hall–Kier alpha value is -0.860. The van der Waals surface area contributed by atoms with Crippen LogP contribution < -0.4 is 14.9 Å². The van der Waals surface area contributed by atoms with E-state index in [0.29, 0.717) is 22.9 Å². The molecule has 0 aliphatic carbocycles. The van der Waals surface area contributed by atoms with Gasteiger partial charge in [0.1, 0.15) is 10.6 Å². The third-order valence-electron chi connectivity index (χ3n) is 2.46. The van der Waals surface area contributed by atoms with E-state index in [4.69, 9.17) is 16.3 Å². The van der Waals surface area contributed by atoms with E-state index in [9.17, 15) is 8.42 Å². The predicted molar refractivity (Wildman–Crippen MR) is 79.4 cm³/mol. The van der Waals surface area contributed by atoms with Crippen molar-refractivity contribution in [2.24, 2.45) is 0 Å². The zero-order valence-electron chi connectivity index (χ0n) is 12.0. The molecule has 0 radical (unpaired) electrons. The first-order chi connectivity index (χ1) is 9.31. The second-order valence-electron chi connectivity index (χ2n) is 4.37. The molecule has 8 heteroatoms. The Balaban J connectivity index is 3.34. The van der Waals surface area contributed by atoms with Crippen molar-refractivity contribution in [3.8, 4) is 5.75 Å². The van der Waals surface area contributed by atoms with E-state index in [0.717, 1.165) is 6.54 Å². The lowest BCUT2D eigenvalue weighted by atomic mass is 10.2. The summed E-state index contributed by atoms with van der Waals surface area (Å²) in [5, 5.41) is 4.81. The lowest BCUT2D eigenvalue weighted by Gasteiger charge is -2.17. The molecule has 1 aromatic carbocycles. The normalized spacial score (nSPS) is 11.9. The van der Waals surface area contributed by atoms with Gasteiger partial charge in [0.25, 0.3) is 10.0 Å². The first-order valence-electron chi connectivity index (χ1n) is 6.08. The Kier molecular flexibility index (Phi) is 6.22. The molecule has 20 heavy (non-hydrogen) atoms. The number of methoxy groups -OCH3 is 1. The SMILES string of the molecule is CCNCc1cc(Cl)cc(S(=O)(=O)NN(C)C)c1OC. The number of nitrogens with zero attached hydrogens (tertiary/aromatic N) is 1. The highest BCUT2D eigenvalue weighted by Gasteiger charge is 2.23. The standard InChI is InChI=1S/C12H20ClN3O3S/c1-5-14-8-9-6-10(13)7-11(12(9)19-4)20(17,18)15-16(2)3/h6-7,14-15H,5,8H2,1-4H3. The summed E-state index contributed by atoms with van der Waals surface area (Å²) in [5.41, 5.74) is 0.695. The van der Waals surface area contributed by atoms with Gasteiger partial charge >= 0.3 is 0 Å². The van der Waals surface area contributed by atoms with Crippen LogP contribution in [0.15, 0.2) is 17.0 Å². The number of halogens is 1. The van der Waals surface area contributed by atoms with Crippen molar-refractivity contribution in [1.29, 1.82) is 0 Å². The van der Waals surface area contributed by atoms with Crippen LogP contribution in [0, 0.1) is 0 Å². The van der Waals surface area contributed by atoms with E-state index in [1.165, 1.54) is 18.2 Å². The largest absolute Gasteiger partial charge is 0.495 e.